The lowest BCUT2D eigenvalue weighted by Crippen LogP contribution is -2.54. The van der Waals surface area contributed by atoms with Gasteiger partial charge in [-0.3, -0.25) is 0 Å². The van der Waals surface area contributed by atoms with E-state index in [-0.39, 0.29) is 0 Å². The molecular formula is C16H26NO+. The van der Waals surface area contributed by atoms with E-state index >= 15 is 0 Å². The van der Waals surface area contributed by atoms with Gasteiger partial charge >= 0.3 is 0 Å². The van der Waals surface area contributed by atoms with Crippen LogP contribution in [0.4, 0.5) is 0 Å². The molecule has 2 rings (SSSR count). The zero-order valence-electron chi connectivity index (χ0n) is 12.1. The Balaban J connectivity index is 2.08. The first-order valence-electron chi connectivity index (χ1n) is 7.01. The lowest BCUT2D eigenvalue weighted by Gasteiger charge is -2.41. The molecule has 0 radical (unpaired) electrons. The fourth-order valence-corrected chi connectivity index (χ4v) is 2.89. The molecule has 1 aromatic rings. The van der Waals surface area contributed by atoms with Crippen molar-refractivity contribution in [3.63, 3.8) is 0 Å². The smallest absolute Gasteiger partial charge is 0.150 e. The van der Waals surface area contributed by atoms with Crippen LogP contribution < -0.4 is 4.74 Å². The van der Waals surface area contributed by atoms with Crippen molar-refractivity contribution in [3.05, 3.63) is 29.8 Å². The molecule has 1 aromatic carbocycles. The summed E-state index contributed by atoms with van der Waals surface area (Å²) in [6.45, 7) is 2.11. The number of benzene rings is 1. The van der Waals surface area contributed by atoms with Gasteiger partial charge in [0.1, 0.15) is 11.8 Å². The van der Waals surface area contributed by atoms with Gasteiger partial charge in [-0.05, 0) is 38.3 Å². The molecule has 2 nitrogen and oxygen atoms in total. The summed E-state index contributed by atoms with van der Waals surface area (Å²) in [4.78, 5) is 0. The van der Waals surface area contributed by atoms with Crippen molar-refractivity contribution in [2.45, 2.75) is 44.8 Å². The molecule has 1 fully saturated rings. The van der Waals surface area contributed by atoms with Crippen LogP contribution in [0.2, 0.25) is 0 Å². The fourth-order valence-electron chi connectivity index (χ4n) is 2.89. The summed E-state index contributed by atoms with van der Waals surface area (Å²) in [5, 5.41) is 0. The van der Waals surface area contributed by atoms with Gasteiger partial charge < -0.3 is 9.22 Å². The summed E-state index contributed by atoms with van der Waals surface area (Å²) in [6, 6.07) is 9.05. The Morgan fingerprint density at radius 3 is 2.22 bits per heavy atom. The molecule has 2 atom stereocenters. The topological polar surface area (TPSA) is 9.23 Å². The van der Waals surface area contributed by atoms with Crippen LogP contribution in [-0.2, 0) is 0 Å². The van der Waals surface area contributed by atoms with Gasteiger partial charge in [-0.15, -0.1) is 0 Å². The molecule has 100 valence electrons. The number of hydrogen-bond acceptors (Lipinski definition) is 1. The van der Waals surface area contributed by atoms with E-state index in [9.17, 15) is 0 Å². The van der Waals surface area contributed by atoms with Crippen LogP contribution in [-0.4, -0.2) is 37.8 Å². The van der Waals surface area contributed by atoms with E-state index in [4.69, 9.17) is 4.74 Å². The second-order valence-electron chi connectivity index (χ2n) is 6.44. The van der Waals surface area contributed by atoms with Crippen molar-refractivity contribution in [1.29, 1.82) is 0 Å². The maximum absolute atomic E-state index is 6.23. The standard InChI is InChI=1S/C16H26NO/c1-13-9-11-14(12-10-13)18-16-8-6-5-7-15(16)17(2,3)4/h9-12,15-16H,5-8H2,1-4H3/q+1. The van der Waals surface area contributed by atoms with Gasteiger partial charge in [0, 0.05) is 6.42 Å². The Hall–Kier alpha value is -1.02. The van der Waals surface area contributed by atoms with Crippen LogP contribution >= 0.6 is 0 Å². The Bertz CT molecular complexity index is 377. The molecule has 0 aromatic heterocycles. The second-order valence-corrected chi connectivity index (χ2v) is 6.44. The van der Waals surface area contributed by atoms with Crippen LogP contribution in [0.15, 0.2) is 24.3 Å². The largest absolute Gasteiger partial charge is 0.484 e. The lowest BCUT2D eigenvalue weighted by molar-refractivity contribution is -0.900. The van der Waals surface area contributed by atoms with Crippen molar-refractivity contribution in [2.24, 2.45) is 0 Å². The molecule has 1 saturated carbocycles. The molecule has 0 saturated heterocycles. The van der Waals surface area contributed by atoms with Gasteiger partial charge in [-0.2, -0.15) is 0 Å². The number of aryl methyl sites for hydroxylation is 1. The van der Waals surface area contributed by atoms with Gasteiger partial charge in [0.25, 0.3) is 0 Å². The van der Waals surface area contributed by atoms with E-state index in [0.717, 1.165) is 10.2 Å². The highest BCUT2D eigenvalue weighted by Crippen LogP contribution is 2.28. The Kier molecular flexibility index (Phi) is 3.96. The van der Waals surface area contributed by atoms with E-state index in [2.05, 4.69) is 52.3 Å². The first-order chi connectivity index (χ1) is 8.47. The molecule has 0 N–H and O–H groups in total. The highest BCUT2D eigenvalue weighted by Gasteiger charge is 2.36. The molecule has 0 spiro atoms. The minimum Gasteiger partial charge on any atom is -0.484 e. The summed E-state index contributed by atoms with van der Waals surface area (Å²) < 4.78 is 7.23. The molecule has 0 amide bonds. The SMILES string of the molecule is Cc1ccc(OC2CCCCC2[N+](C)(C)C)cc1. The highest BCUT2D eigenvalue weighted by molar-refractivity contribution is 5.26. The third kappa shape index (κ3) is 3.26. The molecule has 1 aliphatic carbocycles. The maximum atomic E-state index is 6.23. The highest BCUT2D eigenvalue weighted by atomic mass is 16.5. The number of quaternary nitrogens is 1. The van der Waals surface area contributed by atoms with Gasteiger partial charge in [0.2, 0.25) is 0 Å². The van der Waals surface area contributed by atoms with Crippen LogP contribution in [0.25, 0.3) is 0 Å². The first kappa shape index (κ1) is 13.4. The second kappa shape index (κ2) is 5.31. The molecule has 0 heterocycles. The normalized spacial score (nSPS) is 24.9. The lowest BCUT2D eigenvalue weighted by atomic mass is 9.90. The Morgan fingerprint density at radius 1 is 1.00 bits per heavy atom. The molecule has 0 aliphatic heterocycles. The van der Waals surface area contributed by atoms with Crippen molar-refractivity contribution in [1.82, 2.24) is 0 Å². The summed E-state index contributed by atoms with van der Waals surface area (Å²) in [5.41, 5.74) is 1.29. The summed E-state index contributed by atoms with van der Waals surface area (Å²) in [5.74, 6) is 1.02. The van der Waals surface area contributed by atoms with Crippen LogP contribution in [0.5, 0.6) is 5.75 Å². The minimum absolute atomic E-state index is 0.362. The third-order valence-corrected chi connectivity index (χ3v) is 3.97. The molecular weight excluding hydrogens is 222 g/mol. The number of nitrogens with zero attached hydrogens (tertiary/aromatic N) is 1. The molecule has 2 unspecified atom stereocenters. The van der Waals surface area contributed by atoms with E-state index in [0.29, 0.717) is 12.1 Å². The first-order valence-corrected chi connectivity index (χ1v) is 7.01. The van der Waals surface area contributed by atoms with E-state index < -0.39 is 0 Å². The third-order valence-electron chi connectivity index (χ3n) is 3.97. The monoisotopic (exact) mass is 248 g/mol. The fraction of sp³-hybridized carbons (Fsp3) is 0.625. The van der Waals surface area contributed by atoms with Crippen molar-refractivity contribution in [2.75, 3.05) is 21.1 Å². The number of likely N-dealkylation sites (N-methyl/N-ethyl adjacent to an activating group) is 1. The minimum atomic E-state index is 0.362. The predicted molar refractivity (Wildman–Crippen MR) is 75.9 cm³/mol. The van der Waals surface area contributed by atoms with Crippen LogP contribution in [0.3, 0.4) is 0 Å². The quantitative estimate of drug-likeness (QED) is 0.745. The summed E-state index contributed by atoms with van der Waals surface area (Å²) in [7, 11) is 6.84. The Morgan fingerprint density at radius 2 is 1.61 bits per heavy atom. The number of ether oxygens (including phenoxy) is 1. The zero-order valence-corrected chi connectivity index (χ0v) is 12.1. The molecule has 2 heteroatoms. The summed E-state index contributed by atoms with van der Waals surface area (Å²) >= 11 is 0. The zero-order chi connectivity index (χ0) is 13.2. The average molecular weight is 248 g/mol. The van der Waals surface area contributed by atoms with Crippen LogP contribution in [0.1, 0.15) is 31.2 Å². The van der Waals surface area contributed by atoms with E-state index in [1.165, 1.54) is 31.2 Å². The van der Waals surface area contributed by atoms with Gasteiger partial charge in [-0.1, -0.05) is 17.7 Å². The average Bonchev–Trinajstić information content (AvgIpc) is 2.31. The van der Waals surface area contributed by atoms with Crippen molar-refractivity contribution in [3.8, 4) is 5.75 Å². The van der Waals surface area contributed by atoms with Gasteiger partial charge in [-0.25, -0.2) is 0 Å². The summed E-state index contributed by atoms with van der Waals surface area (Å²) in [6.07, 6.45) is 5.47. The van der Waals surface area contributed by atoms with Crippen molar-refractivity contribution >= 4 is 0 Å². The van der Waals surface area contributed by atoms with Crippen molar-refractivity contribution < 1.29 is 9.22 Å². The van der Waals surface area contributed by atoms with Gasteiger partial charge in [0.05, 0.1) is 21.1 Å². The molecule has 1 aliphatic rings. The molecule has 0 bridgehead atoms. The van der Waals surface area contributed by atoms with Crippen LogP contribution in [0, 0.1) is 6.92 Å². The maximum Gasteiger partial charge on any atom is 0.150 e. The van der Waals surface area contributed by atoms with Gasteiger partial charge in [0.15, 0.2) is 6.10 Å². The predicted octanol–water partition coefficient (Wildman–Crippen LogP) is 3.39. The Labute approximate surface area is 111 Å². The number of rotatable bonds is 3. The van der Waals surface area contributed by atoms with E-state index in [1.807, 2.05) is 0 Å². The van der Waals surface area contributed by atoms with E-state index in [1.54, 1.807) is 0 Å². The number of hydrogen-bond donors (Lipinski definition) is 0. The molecule has 18 heavy (non-hydrogen) atoms.